The molecule has 1 aliphatic heterocycles. The van der Waals surface area contributed by atoms with Gasteiger partial charge in [-0.05, 0) is 53.8 Å². The Balaban J connectivity index is 1.77. The molecule has 1 aliphatic rings. The molecule has 1 atom stereocenters. The van der Waals surface area contributed by atoms with Gasteiger partial charge in [-0.2, -0.15) is 0 Å². The summed E-state index contributed by atoms with van der Waals surface area (Å²) in [6, 6.07) is 9.45. The van der Waals surface area contributed by atoms with Gasteiger partial charge in [0.25, 0.3) is 0 Å². The number of ether oxygens (including phenoxy) is 2. The highest BCUT2D eigenvalue weighted by Crippen LogP contribution is 2.35. The molecular weight excluding hydrogens is 448 g/mol. The van der Waals surface area contributed by atoms with E-state index < -0.39 is 0 Å². The fraction of sp³-hybridized carbons (Fsp3) is 0.556. The van der Waals surface area contributed by atoms with E-state index in [2.05, 4.69) is 25.3 Å². The second-order valence-corrected chi connectivity index (χ2v) is 10.7. The number of rotatable bonds is 11. The number of methoxy groups -OCH3 is 1. The zero-order valence-corrected chi connectivity index (χ0v) is 21.9. The Kier molecular flexibility index (Phi) is 9.39. The number of hydrogen-bond acceptors (Lipinski definition) is 5. The number of amides is 2. The third-order valence-electron chi connectivity index (χ3n) is 6.12. The molecule has 0 radical (unpaired) electrons. The van der Waals surface area contributed by atoms with E-state index in [0.29, 0.717) is 43.5 Å². The highest BCUT2D eigenvalue weighted by Gasteiger charge is 2.33. The molecule has 1 unspecified atom stereocenters. The Morgan fingerprint density at radius 3 is 2.53 bits per heavy atom. The lowest BCUT2D eigenvalue weighted by molar-refractivity contribution is -0.143. The van der Waals surface area contributed by atoms with Gasteiger partial charge in [-0.1, -0.05) is 39.8 Å². The molecule has 0 spiro atoms. The maximum absolute atomic E-state index is 13.6. The van der Waals surface area contributed by atoms with Gasteiger partial charge < -0.3 is 19.3 Å². The Hall–Kier alpha value is -2.54. The summed E-state index contributed by atoms with van der Waals surface area (Å²) in [5.74, 6) is 2.08. The fourth-order valence-corrected chi connectivity index (χ4v) is 5.15. The maximum Gasteiger partial charge on any atom is 0.242 e. The van der Waals surface area contributed by atoms with Crippen LogP contribution in [-0.2, 0) is 16.0 Å². The summed E-state index contributed by atoms with van der Waals surface area (Å²) in [6.45, 7) is 10.0. The van der Waals surface area contributed by atoms with Crippen LogP contribution in [0.3, 0.4) is 0 Å². The van der Waals surface area contributed by atoms with Gasteiger partial charge >= 0.3 is 0 Å². The molecule has 6 nitrogen and oxygen atoms in total. The third-order valence-corrected chi connectivity index (χ3v) is 7.12. The number of nitrogens with zero attached hydrogens (tertiary/aromatic N) is 2. The number of hydrogen-bond donors (Lipinski definition) is 0. The largest absolute Gasteiger partial charge is 0.493 e. The topological polar surface area (TPSA) is 59.1 Å². The first-order chi connectivity index (χ1) is 16.3. The van der Waals surface area contributed by atoms with Crippen LogP contribution < -0.4 is 9.47 Å². The highest BCUT2D eigenvalue weighted by atomic mass is 32.1. The molecule has 186 valence electrons. The van der Waals surface area contributed by atoms with Crippen LogP contribution in [0.1, 0.15) is 57.0 Å². The summed E-state index contributed by atoms with van der Waals surface area (Å²) in [5, 5.41) is 2.08. The molecule has 1 aromatic heterocycles. The summed E-state index contributed by atoms with van der Waals surface area (Å²) in [4.78, 5) is 31.4. The molecule has 0 saturated carbocycles. The van der Waals surface area contributed by atoms with E-state index in [0.717, 1.165) is 18.4 Å². The molecule has 0 N–H and O–H groups in total. The molecule has 3 rings (SSSR count). The first kappa shape index (κ1) is 26.1. The molecule has 7 heteroatoms. The minimum atomic E-state index is -0.195. The summed E-state index contributed by atoms with van der Waals surface area (Å²) in [6.07, 6.45) is 2.17. The van der Waals surface area contributed by atoms with Gasteiger partial charge in [0.15, 0.2) is 11.5 Å². The van der Waals surface area contributed by atoms with Crippen molar-refractivity contribution in [1.82, 2.24) is 9.80 Å². The Morgan fingerprint density at radius 1 is 1.12 bits per heavy atom. The average Bonchev–Trinajstić information content (AvgIpc) is 3.28. The van der Waals surface area contributed by atoms with Gasteiger partial charge in [-0.25, -0.2) is 0 Å². The third kappa shape index (κ3) is 6.75. The number of carbonyl (C=O) groups is 2. The zero-order chi connectivity index (χ0) is 24.7. The van der Waals surface area contributed by atoms with Crippen molar-refractivity contribution in [1.29, 1.82) is 0 Å². The van der Waals surface area contributed by atoms with Crippen molar-refractivity contribution in [2.75, 3.05) is 33.4 Å². The number of fused-ring (bicyclic) bond motifs is 1. The van der Waals surface area contributed by atoms with E-state index in [1.165, 1.54) is 4.88 Å². The first-order valence-electron chi connectivity index (χ1n) is 12.2. The molecule has 0 saturated heterocycles. The molecule has 2 heterocycles. The summed E-state index contributed by atoms with van der Waals surface area (Å²) in [5.41, 5.74) is 1.14. The van der Waals surface area contributed by atoms with Crippen molar-refractivity contribution in [3.05, 3.63) is 46.2 Å². The quantitative estimate of drug-likeness (QED) is 0.439. The van der Waals surface area contributed by atoms with Crippen molar-refractivity contribution in [2.45, 2.75) is 53.0 Å². The van der Waals surface area contributed by atoms with Crippen molar-refractivity contribution in [2.24, 2.45) is 11.8 Å². The molecule has 0 fully saturated rings. The van der Waals surface area contributed by atoms with Gasteiger partial charge in [-0.3, -0.25) is 9.59 Å². The number of benzene rings is 1. The van der Waals surface area contributed by atoms with Gasteiger partial charge in [0.05, 0.1) is 19.7 Å². The predicted octanol–water partition coefficient (Wildman–Crippen LogP) is 5.18. The average molecular weight is 487 g/mol. The van der Waals surface area contributed by atoms with Crippen LogP contribution in [0.4, 0.5) is 0 Å². The van der Waals surface area contributed by atoms with Crippen LogP contribution in [0.2, 0.25) is 0 Å². The molecule has 0 aliphatic carbocycles. The first-order valence-corrected chi connectivity index (χ1v) is 13.1. The molecule has 2 amide bonds. The smallest absolute Gasteiger partial charge is 0.242 e. The van der Waals surface area contributed by atoms with Gasteiger partial charge in [0, 0.05) is 24.4 Å². The van der Waals surface area contributed by atoms with Gasteiger partial charge in [0.2, 0.25) is 11.8 Å². The van der Waals surface area contributed by atoms with Crippen LogP contribution in [-0.4, -0.2) is 55.0 Å². The molecule has 0 bridgehead atoms. The minimum Gasteiger partial charge on any atom is -0.493 e. The molecule has 1 aromatic carbocycles. The van der Waals surface area contributed by atoms with Crippen LogP contribution in [0, 0.1) is 11.8 Å². The van der Waals surface area contributed by atoms with Gasteiger partial charge in [-0.15, -0.1) is 11.3 Å². The number of thiophene rings is 1. The lowest BCUT2D eigenvalue weighted by Gasteiger charge is -2.37. The van der Waals surface area contributed by atoms with Crippen molar-refractivity contribution in [3.8, 4) is 11.5 Å². The van der Waals surface area contributed by atoms with Crippen LogP contribution in [0.25, 0.3) is 0 Å². The van der Waals surface area contributed by atoms with Crippen LogP contribution in [0.5, 0.6) is 11.5 Å². The van der Waals surface area contributed by atoms with E-state index in [9.17, 15) is 9.59 Å². The van der Waals surface area contributed by atoms with Crippen molar-refractivity contribution >= 4 is 23.2 Å². The lowest BCUT2D eigenvalue weighted by atomic mass is 10.00. The minimum absolute atomic E-state index is 0.0219. The SMILES string of the molecule is COc1ccccc1OCC1c2ccsc2CCN1C(=O)CN(CCC(C)C)C(=O)CC(C)C. The summed E-state index contributed by atoms with van der Waals surface area (Å²) < 4.78 is 11.6. The fourth-order valence-electron chi connectivity index (χ4n) is 4.22. The van der Waals surface area contributed by atoms with Crippen molar-refractivity contribution in [3.63, 3.8) is 0 Å². The zero-order valence-electron chi connectivity index (χ0n) is 21.1. The number of carbonyl (C=O) groups excluding carboxylic acids is 2. The van der Waals surface area contributed by atoms with Crippen molar-refractivity contribution < 1.29 is 19.1 Å². The maximum atomic E-state index is 13.6. The summed E-state index contributed by atoms with van der Waals surface area (Å²) in [7, 11) is 1.62. The molecule has 34 heavy (non-hydrogen) atoms. The lowest BCUT2D eigenvalue weighted by Crippen LogP contribution is -2.48. The predicted molar refractivity (Wildman–Crippen MR) is 136 cm³/mol. The van der Waals surface area contributed by atoms with E-state index >= 15 is 0 Å². The summed E-state index contributed by atoms with van der Waals surface area (Å²) >= 11 is 1.73. The monoisotopic (exact) mass is 486 g/mol. The normalized spacial score (nSPS) is 15.4. The number of para-hydroxylation sites is 2. The van der Waals surface area contributed by atoms with E-state index in [4.69, 9.17) is 9.47 Å². The molecule has 2 aromatic rings. The second-order valence-electron chi connectivity index (χ2n) is 9.71. The molecular formula is C27H38N2O4S. The Labute approximate surface area is 207 Å². The van der Waals surface area contributed by atoms with Crippen LogP contribution in [0.15, 0.2) is 35.7 Å². The Bertz CT molecular complexity index is 956. The highest BCUT2D eigenvalue weighted by molar-refractivity contribution is 7.10. The van der Waals surface area contributed by atoms with E-state index in [1.807, 2.05) is 43.0 Å². The van der Waals surface area contributed by atoms with Crippen LogP contribution >= 0.6 is 11.3 Å². The Morgan fingerprint density at radius 2 is 1.85 bits per heavy atom. The van der Waals surface area contributed by atoms with Gasteiger partial charge in [0.1, 0.15) is 6.61 Å². The second kappa shape index (κ2) is 12.2. The van der Waals surface area contributed by atoms with E-state index in [-0.39, 0.29) is 30.3 Å². The standard InChI is InChI=1S/C27H38N2O4S/c1-19(2)10-13-28(26(30)16-20(3)4)17-27(31)29-14-11-25-21(12-15-34-25)22(29)18-33-24-9-7-6-8-23(24)32-5/h6-9,12,15,19-20,22H,10-11,13-14,16-18H2,1-5H3. The van der Waals surface area contributed by atoms with E-state index in [1.54, 1.807) is 23.3 Å².